The van der Waals surface area contributed by atoms with Gasteiger partial charge in [0.25, 0.3) is 0 Å². The van der Waals surface area contributed by atoms with Gasteiger partial charge in [0.2, 0.25) is 5.79 Å². The number of hydrogen-bond donors (Lipinski definition) is 1. The van der Waals surface area contributed by atoms with Gasteiger partial charge in [0.05, 0.1) is 12.2 Å². The molecule has 110 valence electrons. The lowest BCUT2D eigenvalue weighted by atomic mass is 10.1. The summed E-state index contributed by atoms with van der Waals surface area (Å²) in [7, 11) is 0. The molecular formula is C16H17FN2O2. The maximum Gasteiger partial charge on any atom is 0.246 e. The van der Waals surface area contributed by atoms with Gasteiger partial charge < -0.3 is 14.8 Å². The fourth-order valence-corrected chi connectivity index (χ4v) is 2.31. The van der Waals surface area contributed by atoms with Crippen molar-refractivity contribution in [2.24, 2.45) is 0 Å². The Kier molecular flexibility index (Phi) is 3.20. The third kappa shape index (κ3) is 2.91. The number of pyridine rings is 1. The number of hydrogen-bond acceptors (Lipinski definition) is 4. The molecule has 21 heavy (non-hydrogen) atoms. The smallest absolute Gasteiger partial charge is 0.246 e. The molecular weight excluding hydrogens is 271 g/mol. The van der Waals surface area contributed by atoms with E-state index in [1.54, 1.807) is 6.20 Å². The van der Waals surface area contributed by atoms with Crippen molar-refractivity contribution in [2.45, 2.75) is 32.6 Å². The molecule has 1 atom stereocenters. The minimum absolute atomic E-state index is 0.0680. The van der Waals surface area contributed by atoms with Crippen LogP contribution in [0.2, 0.25) is 0 Å². The first kappa shape index (κ1) is 13.7. The number of rotatable bonds is 3. The Balaban J connectivity index is 1.77. The summed E-state index contributed by atoms with van der Waals surface area (Å²) in [5.74, 6) is 0.452. The topological polar surface area (TPSA) is 43.4 Å². The van der Waals surface area contributed by atoms with Crippen LogP contribution >= 0.6 is 0 Å². The molecule has 0 aliphatic carbocycles. The number of benzene rings is 1. The lowest BCUT2D eigenvalue weighted by molar-refractivity contribution is -0.0431. The summed E-state index contributed by atoms with van der Waals surface area (Å²) in [6, 6.07) is 7.06. The van der Waals surface area contributed by atoms with Crippen LogP contribution in [0.15, 0.2) is 36.7 Å². The van der Waals surface area contributed by atoms with Crippen LogP contribution in [-0.2, 0) is 0 Å². The minimum atomic E-state index is -0.640. The van der Waals surface area contributed by atoms with E-state index in [4.69, 9.17) is 9.47 Å². The molecule has 5 heteroatoms. The molecule has 0 bridgehead atoms. The van der Waals surface area contributed by atoms with E-state index in [9.17, 15) is 4.39 Å². The van der Waals surface area contributed by atoms with E-state index in [-0.39, 0.29) is 11.9 Å². The molecule has 2 heterocycles. The standard InChI is InChI=1S/C16H17FN2O2/c1-10(11-6-12(17)9-18-8-11)19-13-4-5-14-15(7-13)21-16(2,3)20-14/h4-10,19H,1-3H3. The predicted octanol–water partition coefficient (Wildman–Crippen LogP) is 3.90. The van der Waals surface area contributed by atoms with Gasteiger partial charge in [-0.05, 0) is 30.7 Å². The average molecular weight is 288 g/mol. The zero-order valence-corrected chi connectivity index (χ0v) is 12.2. The highest BCUT2D eigenvalue weighted by Gasteiger charge is 2.31. The minimum Gasteiger partial charge on any atom is -0.449 e. The van der Waals surface area contributed by atoms with E-state index >= 15 is 0 Å². The molecule has 0 amide bonds. The van der Waals surface area contributed by atoms with Gasteiger partial charge in [-0.25, -0.2) is 4.39 Å². The second-order valence-corrected chi connectivity index (χ2v) is 5.57. The fraction of sp³-hybridized carbons (Fsp3) is 0.312. The Morgan fingerprint density at radius 2 is 1.90 bits per heavy atom. The highest BCUT2D eigenvalue weighted by molar-refractivity contribution is 5.57. The van der Waals surface area contributed by atoms with Crippen molar-refractivity contribution >= 4 is 5.69 Å². The third-order valence-corrected chi connectivity index (χ3v) is 3.26. The van der Waals surface area contributed by atoms with Crippen molar-refractivity contribution < 1.29 is 13.9 Å². The van der Waals surface area contributed by atoms with Gasteiger partial charge in [-0.2, -0.15) is 0 Å². The van der Waals surface area contributed by atoms with Crippen molar-refractivity contribution in [1.29, 1.82) is 0 Å². The number of anilines is 1. The van der Waals surface area contributed by atoms with Crippen LogP contribution in [0, 0.1) is 5.82 Å². The molecule has 1 aromatic heterocycles. The Labute approximate surface area is 122 Å². The largest absolute Gasteiger partial charge is 0.449 e. The van der Waals surface area contributed by atoms with Crippen LogP contribution in [0.25, 0.3) is 0 Å². The van der Waals surface area contributed by atoms with Gasteiger partial charge in [-0.1, -0.05) is 0 Å². The van der Waals surface area contributed by atoms with E-state index in [1.807, 2.05) is 39.0 Å². The lowest BCUT2D eigenvalue weighted by Crippen LogP contribution is -2.29. The number of aromatic nitrogens is 1. The van der Waals surface area contributed by atoms with E-state index in [1.165, 1.54) is 12.3 Å². The van der Waals surface area contributed by atoms with E-state index < -0.39 is 5.79 Å². The summed E-state index contributed by atoms with van der Waals surface area (Å²) >= 11 is 0. The van der Waals surface area contributed by atoms with Gasteiger partial charge in [0.1, 0.15) is 5.82 Å². The van der Waals surface area contributed by atoms with Crippen LogP contribution in [0.5, 0.6) is 11.5 Å². The molecule has 1 aliphatic rings. The van der Waals surface area contributed by atoms with Crippen LogP contribution in [0.1, 0.15) is 32.4 Å². The zero-order valence-electron chi connectivity index (χ0n) is 12.2. The summed E-state index contributed by atoms with van der Waals surface area (Å²) in [5.41, 5.74) is 1.67. The SMILES string of the molecule is CC(Nc1ccc2c(c1)OC(C)(C)O2)c1cncc(F)c1. The Morgan fingerprint density at radius 1 is 1.14 bits per heavy atom. The first-order valence-electron chi connectivity index (χ1n) is 6.82. The van der Waals surface area contributed by atoms with Gasteiger partial charge in [-0.15, -0.1) is 0 Å². The van der Waals surface area contributed by atoms with Gasteiger partial charge in [0, 0.05) is 31.8 Å². The number of fused-ring (bicyclic) bond motifs is 1. The zero-order chi connectivity index (χ0) is 15.0. The van der Waals surface area contributed by atoms with Crippen molar-refractivity contribution in [3.05, 3.63) is 48.0 Å². The quantitative estimate of drug-likeness (QED) is 0.930. The second kappa shape index (κ2) is 4.91. The van der Waals surface area contributed by atoms with E-state index in [2.05, 4.69) is 10.3 Å². The number of nitrogens with zero attached hydrogens (tertiary/aromatic N) is 1. The second-order valence-electron chi connectivity index (χ2n) is 5.57. The summed E-state index contributed by atoms with van der Waals surface area (Å²) in [6.07, 6.45) is 2.84. The van der Waals surface area contributed by atoms with Gasteiger partial charge in [0.15, 0.2) is 11.5 Å². The van der Waals surface area contributed by atoms with Crippen LogP contribution in [0.4, 0.5) is 10.1 Å². The first-order chi connectivity index (χ1) is 9.93. The predicted molar refractivity (Wildman–Crippen MR) is 78.0 cm³/mol. The van der Waals surface area contributed by atoms with Crippen LogP contribution in [0.3, 0.4) is 0 Å². The Bertz CT molecular complexity index is 673. The molecule has 1 unspecified atom stereocenters. The number of ether oxygens (including phenoxy) is 2. The highest BCUT2D eigenvalue weighted by Crippen LogP contribution is 2.41. The number of halogens is 1. The average Bonchev–Trinajstić information content (AvgIpc) is 2.72. The molecule has 1 aromatic carbocycles. The summed E-state index contributed by atoms with van der Waals surface area (Å²) in [4.78, 5) is 3.86. The molecule has 0 saturated carbocycles. The summed E-state index contributed by atoms with van der Waals surface area (Å²) in [6.45, 7) is 5.67. The molecule has 0 fully saturated rings. The van der Waals surface area contributed by atoms with Gasteiger partial charge >= 0.3 is 0 Å². The summed E-state index contributed by atoms with van der Waals surface area (Å²) < 4.78 is 24.6. The monoisotopic (exact) mass is 288 g/mol. The molecule has 3 rings (SSSR count). The molecule has 1 N–H and O–H groups in total. The maximum atomic E-state index is 13.2. The lowest BCUT2D eigenvalue weighted by Gasteiger charge is -2.16. The molecule has 0 spiro atoms. The maximum absolute atomic E-state index is 13.2. The van der Waals surface area contributed by atoms with E-state index in [0.717, 1.165) is 17.0 Å². The molecule has 4 nitrogen and oxygen atoms in total. The molecule has 0 radical (unpaired) electrons. The van der Waals surface area contributed by atoms with Crippen molar-refractivity contribution in [3.8, 4) is 11.5 Å². The Hall–Kier alpha value is -2.30. The fourth-order valence-electron chi connectivity index (χ4n) is 2.31. The van der Waals surface area contributed by atoms with E-state index in [0.29, 0.717) is 5.75 Å². The van der Waals surface area contributed by atoms with Crippen molar-refractivity contribution in [3.63, 3.8) is 0 Å². The molecule has 2 aromatic rings. The molecule has 0 saturated heterocycles. The first-order valence-corrected chi connectivity index (χ1v) is 6.82. The highest BCUT2D eigenvalue weighted by atomic mass is 19.1. The third-order valence-electron chi connectivity index (χ3n) is 3.26. The molecule has 1 aliphatic heterocycles. The number of nitrogens with one attached hydrogen (secondary N) is 1. The van der Waals surface area contributed by atoms with Crippen LogP contribution in [-0.4, -0.2) is 10.8 Å². The van der Waals surface area contributed by atoms with Crippen molar-refractivity contribution in [1.82, 2.24) is 4.98 Å². The summed E-state index contributed by atoms with van der Waals surface area (Å²) in [5, 5.41) is 3.30. The van der Waals surface area contributed by atoms with Crippen molar-refractivity contribution in [2.75, 3.05) is 5.32 Å². The Morgan fingerprint density at radius 3 is 2.67 bits per heavy atom. The normalized spacial score (nSPS) is 16.6. The van der Waals surface area contributed by atoms with Gasteiger partial charge in [-0.3, -0.25) is 4.98 Å². The van der Waals surface area contributed by atoms with Crippen LogP contribution < -0.4 is 14.8 Å².